The van der Waals surface area contributed by atoms with Crippen molar-refractivity contribution in [3.8, 4) is 0 Å². The Bertz CT molecular complexity index is 1360. The molecule has 0 aliphatic rings. The maximum Gasteiger partial charge on any atom is 0.218 e. The van der Waals surface area contributed by atoms with Gasteiger partial charge in [0.25, 0.3) is 0 Å². The van der Waals surface area contributed by atoms with Crippen LogP contribution in [0.3, 0.4) is 0 Å². The van der Waals surface area contributed by atoms with E-state index in [1.54, 1.807) is 18.5 Å². The normalized spacial score (nSPS) is 11.1. The number of pyridine rings is 3. The Labute approximate surface area is 182 Å². The van der Waals surface area contributed by atoms with Gasteiger partial charge in [-0.25, -0.2) is 4.98 Å². The van der Waals surface area contributed by atoms with Gasteiger partial charge in [-0.1, -0.05) is 18.2 Å². The minimum absolute atomic E-state index is 0.110. The average molecular weight is 462 g/mol. The molecule has 0 atom stereocenters. The second-order valence-electron chi connectivity index (χ2n) is 7.40. The zero-order valence-corrected chi connectivity index (χ0v) is 18.5. The van der Waals surface area contributed by atoms with Crippen molar-refractivity contribution in [1.82, 2.24) is 14.5 Å². The second kappa shape index (κ2) is 7.95. The van der Waals surface area contributed by atoms with Crippen LogP contribution in [0.5, 0.6) is 0 Å². The Morgan fingerprint density at radius 2 is 1.83 bits per heavy atom. The van der Waals surface area contributed by atoms with Crippen LogP contribution in [0.25, 0.3) is 11.0 Å². The lowest BCUT2D eigenvalue weighted by atomic mass is 9.99. The van der Waals surface area contributed by atoms with Crippen molar-refractivity contribution in [1.29, 1.82) is 0 Å². The summed E-state index contributed by atoms with van der Waals surface area (Å²) in [5.74, 6) is -0.302. The van der Waals surface area contributed by atoms with E-state index in [1.165, 1.54) is 0 Å². The maximum atomic E-state index is 13.3. The van der Waals surface area contributed by atoms with Gasteiger partial charge in [-0.2, -0.15) is 0 Å². The quantitative estimate of drug-likeness (QED) is 0.324. The van der Waals surface area contributed by atoms with Gasteiger partial charge in [-0.15, -0.1) is 0 Å². The van der Waals surface area contributed by atoms with Crippen molar-refractivity contribution in [2.45, 2.75) is 27.3 Å². The summed E-state index contributed by atoms with van der Waals surface area (Å²) < 4.78 is 2.62. The number of ketones is 1. The van der Waals surface area contributed by atoms with E-state index in [-0.39, 0.29) is 16.8 Å². The highest BCUT2D eigenvalue weighted by Gasteiger charge is 2.19. The fourth-order valence-electron chi connectivity index (χ4n) is 3.52. The number of halogens is 1. The van der Waals surface area contributed by atoms with Gasteiger partial charge in [0.05, 0.1) is 23.3 Å². The Morgan fingerprint density at radius 1 is 1.03 bits per heavy atom. The third-order valence-electron chi connectivity index (χ3n) is 5.28. The summed E-state index contributed by atoms with van der Waals surface area (Å²) in [6.45, 7) is 6.29. The molecule has 30 heavy (non-hydrogen) atoms. The molecule has 4 rings (SSSR count). The minimum Gasteiger partial charge on any atom is -0.339 e. The molecular weight excluding hydrogens is 442 g/mol. The highest BCUT2D eigenvalue weighted by molar-refractivity contribution is 9.10. The Morgan fingerprint density at radius 3 is 2.57 bits per heavy atom. The zero-order chi connectivity index (χ0) is 21.4. The molecule has 0 amide bonds. The lowest BCUT2D eigenvalue weighted by Gasteiger charge is -2.14. The zero-order valence-electron chi connectivity index (χ0n) is 16.9. The summed E-state index contributed by atoms with van der Waals surface area (Å²) >= 11 is 3.40. The predicted octanol–water partition coefficient (Wildman–Crippen LogP) is 4.76. The number of hydrogen-bond acceptors (Lipinski definition) is 4. The van der Waals surface area contributed by atoms with Crippen molar-refractivity contribution in [2.75, 3.05) is 0 Å². The van der Waals surface area contributed by atoms with E-state index in [9.17, 15) is 9.59 Å². The van der Waals surface area contributed by atoms with E-state index >= 15 is 0 Å². The molecule has 0 spiro atoms. The van der Waals surface area contributed by atoms with Crippen molar-refractivity contribution in [3.63, 3.8) is 0 Å². The second-order valence-corrected chi connectivity index (χ2v) is 8.22. The number of aromatic nitrogens is 3. The van der Waals surface area contributed by atoms with E-state index in [4.69, 9.17) is 0 Å². The largest absolute Gasteiger partial charge is 0.339 e. The van der Waals surface area contributed by atoms with Crippen LogP contribution < -0.4 is 5.43 Å². The van der Waals surface area contributed by atoms with Crippen LogP contribution in [0.2, 0.25) is 0 Å². The summed E-state index contributed by atoms with van der Waals surface area (Å²) in [6.07, 6.45) is 3.24. The molecule has 0 fully saturated rings. The standard InChI is InChI=1S/C24H20BrN3O2/c1-14-7-8-17(11-16(14)3)23(29)19-13-28(12-18-5-4-6-20(25)27-18)22-15(2)9-10-26-21(22)24(19)30/h4-11,13H,12H2,1-3H3. The van der Waals surface area contributed by atoms with Crippen LogP contribution in [-0.4, -0.2) is 20.3 Å². The molecule has 0 saturated carbocycles. The minimum atomic E-state index is -0.352. The molecule has 1 aromatic carbocycles. The first-order valence-corrected chi connectivity index (χ1v) is 10.4. The molecule has 3 heterocycles. The molecule has 0 bridgehead atoms. The van der Waals surface area contributed by atoms with Crippen LogP contribution in [0.15, 0.2) is 64.3 Å². The monoisotopic (exact) mass is 461 g/mol. The van der Waals surface area contributed by atoms with Gasteiger partial charge in [-0.3, -0.25) is 14.6 Å². The number of rotatable bonds is 4. The smallest absolute Gasteiger partial charge is 0.218 e. The SMILES string of the molecule is Cc1ccc(C(=O)c2cn(Cc3cccc(Br)n3)c3c(C)ccnc3c2=O)cc1C. The van der Waals surface area contributed by atoms with Gasteiger partial charge in [0, 0.05) is 18.0 Å². The Hall–Kier alpha value is -3.12. The molecule has 150 valence electrons. The molecule has 6 heteroatoms. The number of fused-ring (bicyclic) bond motifs is 1. The summed E-state index contributed by atoms with van der Waals surface area (Å²) in [5, 5.41) is 0. The molecule has 4 aromatic rings. The van der Waals surface area contributed by atoms with Crippen molar-refractivity contribution in [3.05, 3.63) is 103 Å². The van der Waals surface area contributed by atoms with Crippen molar-refractivity contribution in [2.24, 2.45) is 0 Å². The van der Waals surface area contributed by atoms with Crippen LogP contribution in [0, 0.1) is 20.8 Å². The first-order valence-electron chi connectivity index (χ1n) is 9.57. The number of carbonyl (C=O) groups excluding carboxylic acids is 1. The number of carbonyl (C=O) groups is 1. The summed E-state index contributed by atoms with van der Waals surface area (Å²) in [7, 11) is 0. The van der Waals surface area contributed by atoms with Gasteiger partial charge >= 0.3 is 0 Å². The summed E-state index contributed by atoms with van der Waals surface area (Å²) in [5.41, 5.74) is 5.08. The van der Waals surface area contributed by atoms with E-state index in [0.29, 0.717) is 23.1 Å². The van der Waals surface area contributed by atoms with Crippen molar-refractivity contribution < 1.29 is 4.79 Å². The van der Waals surface area contributed by atoms with Crippen LogP contribution in [0.1, 0.15) is 38.3 Å². The van der Waals surface area contributed by atoms with Gasteiger partial charge in [-0.05, 0) is 77.7 Å². The third-order valence-corrected chi connectivity index (χ3v) is 5.72. The van der Waals surface area contributed by atoms with Gasteiger partial charge in [0.1, 0.15) is 10.1 Å². The molecule has 0 aliphatic carbocycles. The van der Waals surface area contributed by atoms with Crippen LogP contribution in [-0.2, 0) is 6.54 Å². The van der Waals surface area contributed by atoms with Gasteiger partial charge < -0.3 is 4.57 Å². The first kappa shape index (κ1) is 20.2. The summed E-state index contributed by atoms with van der Waals surface area (Å²) in [4.78, 5) is 35.2. The lowest BCUT2D eigenvalue weighted by Crippen LogP contribution is -2.21. The highest BCUT2D eigenvalue weighted by Crippen LogP contribution is 2.19. The Balaban J connectivity index is 1.92. The van der Waals surface area contributed by atoms with E-state index < -0.39 is 0 Å². The molecule has 0 unspecified atom stereocenters. The molecule has 5 nitrogen and oxygen atoms in total. The van der Waals surface area contributed by atoms with E-state index in [0.717, 1.165) is 27.0 Å². The number of hydrogen-bond donors (Lipinski definition) is 0. The van der Waals surface area contributed by atoms with Gasteiger partial charge in [0.2, 0.25) is 5.43 Å². The molecule has 3 aromatic heterocycles. The lowest BCUT2D eigenvalue weighted by molar-refractivity contribution is 0.103. The maximum absolute atomic E-state index is 13.3. The number of nitrogens with zero attached hydrogens (tertiary/aromatic N) is 3. The Kier molecular flexibility index (Phi) is 5.35. The molecule has 0 radical (unpaired) electrons. The number of aryl methyl sites for hydroxylation is 3. The number of benzene rings is 1. The first-order chi connectivity index (χ1) is 14.3. The molecular formula is C24H20BrN3O2. The van der Waals surface area contributed by atoms with E-state index in [2.05, 4.69) is 25.9 Å². The topological polar surface area (TPSA) is 64.8 Å². The third kappa shape index (κ3) is 3.71. The predicted molar refractivity (Wildman–Crippen MR) is 121 cm³/mol. The fraction of sp³-hybridized carbons (Fsp3) is 0.167. The highest BCUT2D eigenvalue weighted by atomic mass is 79.9. The molecule has 0 N–H and O–H groups in total. The van der Waals surface area contributed by atoms with E-state index in [1.807, 2.05) is 61.7 Å². The van der Waals surface area contributed by atoms with Crippen LogP contribution >= 0.6 is 15.9 Å². The van der Waals surface area contributed by atoms with Gasteiger partial charge in [0.15, 0.2) is 5.78 Å². The fourth-order valence-corrected chi connectivity index (χ4v) is 3.90. The van der Waals surface area contributed by atoms with Crippen LogP contribution in [0.4, 0.5) is 0 Å². The summed E-state index contributed by atoms with van der Waals surface area (Å²) in [6, 6.07) is 13.0. The molecule has 0 aliphatic heterocycles. The van der Waals surface area contributed by atoms with Crippen molar-refractivity contribution >= 4 is 32.7 Å². The molecule has 0 saturated heterocycles. The average Bonchev–Trinajstić information content (AvgIpc) is 2.72.